The molecule has 2 unspecified atom stereocenters. The first kappa shape index (κ1) is 9.49. The van der Waals surface area contributed by atoms with Gasteiger partial charge in [0.05, 0.1) is 12.2 Å². The highest BCUT2D eigenvalue weighted by Gasteiger charge is 2.41. The lowest BCUT2D eigenvalue weighted by atomic mass is 9.94. The van der Waals surface area contributed by atoms with E-state index in [2.05, 4.69) is 17.1 Å². The minimum atomic E-state index is 0.551. The molecular formula is C11H19NOS. The van der Waals surface area contributed by atoms with Crippen LogP contribution in [0.4, 0.5) is 0 Å². The van der Waals surface area contributed by atoms with Gasteiger partial charge in [0, 0.05) is 12.1 Å². The molecule has 1 N–H and O–H groups in total. The van der Waals surface area contributed by atoms with Crippen LogP contribution < -0.4 is 5.32 Å². The van der Waals surface area contributed by atoms with Crippen LogP contribution in [0.5, 0.6) is 0 Å². The third-order valence-electron chi connectivity index (χ3n) is 3.78. The van der Waals surface area contributed by atoms with Crippen LogP contribution >= 0.6 is 11.8 Å². The molecule has 0 aromatic heterocycles. The van der Waals surface area contributed by atoms with Gasteiger partial charge in [-0.2, -0.15) is 11.8 Å². The molecule has 3 rings (SSSR count). The van der Waals surface area contributed by atoms with E-state index in [0.717, 1.165) is 6.04 Å². The summed E-state index contributed by atoms with van der Waals surface area (Å²) in [6.45, 7) is 0. The normalized spacial score (nSPS) is 43.3. The molecule has 0 amide bonds. The van der Waals surface area contributed by atoms with Crippen molar-refractivity contribution in [2.24, 2.45) is 0 Å². The molecule has 3 heterocycles. The Morgan fingerprint density at radius 3 is 2.57 bits per heavy atom. The molecule has 0 aliphatic carbocycles. The van der Waals surface area contributed by atoms with Gasteiger partial charge in [-0.25, -0.2) is 0 Å². The summed E-state index contributed by atoms with van der Waals surface area (Å²) in [4.78, 5) is 0. The van der Waals surface area contributed by atoms with E-state index in [-0.39, 0.29) is 0 Å². The van der Waals surface area contributed by atoms with Crippen LogP contribution in [0.3, 0.4) is 0 Å². The molecule has 14 heavy (non-hydrogen) atoms. The Labute approximate surface area is 90.2 Å². The van der Waals surface area contributed by atoms with Crippen molar-refractivity contribution >= 4 is 11.8 Å². The second kappa shape index (κ2) is 4.03. The monoisotopic (exact) mass is 213 g/mol. The van der Waals surface area contributed by atoms with E-state index in [9.17, 15) is 0 Å². The van der Waals surface area contributed by atoms with Crippen LogP contribution in [0.2, 0.25) is 0 Å². The van der Waals surface area contributed by atoms with Crippen molar-refractivity contribution in [1.82, 2.24) is 5.32 Å². The first-order valence-corrected chi connectivity index (χ1v) is 7.06. The van der Waals surface area contributed by atoms with Crippen molar-refractivity contribution in [2.45, 2.75) is 56.4 Å². The Balaban J connectivity index is 1.52. The van der Waals surface area contributed by atoms with Gasteiger partial charge in [-0.1, -0.05) is 0 Å². The Kier molecular flexibility index (Phi) is 2.73. The fourth-order valence-electron chi connectivity index (χ4n) is 2.98. The molecule has 0 aromatic carbocycles. The molecular weight excluding hydrogens is 194 g/mol. The fourth-order valence-corrected chi connectivity index (χ4v) is 4.09. The van der Waals surface area contributed by atoms with Gasteiger partial charge in [0.2, 0.25) is 0 Å². The van der Waals surface area contributed by atoms with Gasteiger partial charge in [0.15, 0.2) is 0 Å². The molecule has 3 fully saturated rings. The summed E-state index contributed by atoms with van der Waals surface area (Å²) in [5, 5.41) is 3.81. The van der Waals surface area contributed by atoms with Crippen LogP contribution in [0.25, 0.3) is 0 Å². The lowest BCUT2D eigenvalue weighted by Gasteiger charge is -2.29. The van der Waals surface area contributed by atoms with E-state index in [1.54, 1.807) is 0 Å². The minimum absolute atomic E-state index is 0.551. The summed E-state index contributed by atoms with van der Waals surface area (Å²) in [7, 11) is 0. The third-order valence-corrected chi connectivity index (χ3v) is 4.83. The van der Waals surface area contributed by atoms with Crippen molar-refractivity contribution < 1.29 is 4.74 Å². The second-order valence-electron chi connectivity index (χ2n) is 4.77. The maximum atomic E-state index is 5.86. The van der Waals surface area contributed by atoms with E-state index >= 15 is 0 Å². The molecule has 0 radical (unpaired) electrons. The van der Waals surface area contributed by atoms with Crippen molar-refractivity contribution in [3.8, 4) is 0 Å². The molecule has 0 aromatic rings. The van der Waals surface area contributed by atoms with E-state index in [0.29, 0.717) is 18.2 Å². The van der Waals surface area contributed by atoms with Crippen LogP contribution in [-0.2, 0) is 4.74 Å². The van der Waals surface area contributed by atoms with Crippen LogP contribution in [-0.4, -0.2) is 35.8 Å². The van der Waals surface area contributed by atoms with Gasteiger partial charge >= 0.3 is 0 Å². The summed E-state index contributed by atoms with van der Waals surface area (Å²) in [6.07, 6.45) is 7.74. The highest BCUT2D eigenvalue weighted by Crippen LogP contribution is 2.35. The van der Waals surface area contributed by atoms with Crippen LogP contribution in [0, 0.1) is 0 Å². The Morgan fingerprint density at radius 1 is 1.07 bits per heavy atom. The van der Waals surface area contributed by atoms with Gasteiger partial charge in [-0.05, 0) is 43.6 Å². The van der Waals surface area contributed by atoms with E-state index in [1.165, 1.54) is 43.6 Å². The first-order valence-electron chi connectivity index (χ1n) is 5.91. The highest BCUT2D eigenvalue weighted by atomic mass is 32.2. The smallest absolute Gasteiger partial charge is 0.0733 e. The number of nitrogens with one attached hydrogen (secondary N) is 1. The third kappa shape index (κ3) is 1.82. The molecule has 3 saturated heterocycles. The van der Waals surface area contributed by atoms with Gasteiger partial charge in [-0.15, -0.1) is 0 Å². The molecule has 0 saturated carbocycles. The number of hydrogen-bond donors (Lipinski definition) is 1. The molecule has 3 atom stereocenters. The standard InChI is InChI=1S/C11H19NOS/c1-2-11-10(7-9(1)13-11)12-8-3-5-14-6-4-8/h8-12H,1-7H2/t9?,10-,11?/m0/s1. The Bertz CT molecular complexity index is 205. The second-order valence-corrected chi connectivity index (χ2v) is 5.99. The van der Waals surface area contributed by atoms with Crippen molar-refractivity contribution in [3.05, 3.63) is 0 Å². The van der Waals surface area contributed by atoms with Crippen LogP contribution in [0.1, 0.15) is 32.1 Å². The SMILES string of the molecule is C1CC(N[C@H]2CC3CCC2O3)CCS1. The number of rotatable bonds is 2. The number of hydrogen-bond acceptors (Lipinski definition) is 3. The van der Waals surface area contributed by atoms with E-state index < -0.39 is 0 Å². The van der Waals surface area contributed by atoms with Crippen molar-refractivity contribution in [1.29, 1.82) is 0 Å². The number of fused-ring (bicyclic) bond motifs is 2. The largest absolute Gasteiger partial charge is 0.373 e. The zero-order valence-electron chi connectivity index (χ0n) is 8.58. The van der Waals surface area contributed by atoms with Crippen LogP contribution in [0.15, 0.2) is 0 Å². The maximum absolute atomic E-state index is 5.86. The van der Waals surface area contributed by atoms with Crippen molar-refractivity contribution in [3.63, 3.8) is 0 Å². The predicted octanol–water partition coefficient (Wildman–Crippen LogP) is 1.79. The summed E-state index contributed by atoms with van der Waals surface area (Å²) in [6, 6.07) is 1.46. The zero-order valence-corrected chi connectivity index (χ0v) is 9.39. The lowest BCUT2D eigenvalue weighted by molar-refractivity contribution is 0.0958. The Hall–Kier alpha value is 0.270. The fraction of sp³-hybridized carbons (Fsp3) is 1.00. The van der Waals surface area contributed by atoms with E-state index in [4.69, 9.17) is 4.74 Å². The summed E-state index contributed by atoms with van der Waals surface area (Å²) in [5.41, 5.74) is 0. The molecule has 3 aliphatic heterocycles. The van der Waals surface area contributed by atoms with Gasteiger partial charge < -0.3 is 10.1 Å². The molecule has 80 valence electrons. The average Bonchev–Trinajstić information content (AvgIpc) is 2.81. The topological polar surface area (TPSA) is 21.3 Å². The van der Waals surface area contributed by atoms with Crippen molar-refractivity contribution in [2.75, 3.05) is 11.5 Å². The molecule has 3 heteroatoms. The molecule has 2 nitrogen and oxygen atoms in total. The quantitative estimate of drug-likeness (QED) is 0.755. The number of thioether (sulfide) groups is 1. The average molecular weight is 213 g/mol. The molecule has 2 bridgehead atoms. The Morgan fingerprint density at radius 2 is 1.93 bits per heavy atom. The molecule has 0 spiro atoms. The maximum Gasteiger partial charge on any atom is 0.0733 e. The van der Waals surface area contributed by atoms with Gasteiger partial charge in [0.25, 0.3) is 0 Å². The number of ether oxygens (including phenoxy) is 1. The van der Waals surface area contributed by atoms with E-state index in [1.807, 2.05) is 0 Å². The minimum Gasteiger partial charge on any atom is -0.373 e. The predicted molar refractivity (Wildman–Crippen MR) is 59.8 cm³/mol. The summed E-state index contributed by atoms with van der Waals surface area (Å²) in [5.74, 6) is 2.69. The zero-order chi connectivity index (χ0) is 9.38. The summed E-state index contributed by atoms with van der Waals surface area (Å²) >= 11 is 2.10. The summed E-state index contributed by atoms with van der Waals surface area (Å²) < 4.78 is 5.86. The highest BCUT2D eigenvalue weighted by molar-refractivity contribution is 7.99. The molecule has 3 aliphatic rings. The van der Waals surface area contributed by atoms with Gasteiger partial charge in [-0.3, -0.25) is 0 Å². The lowest BCUT2D eigenvalue weighted by Crippen LogP contribution is -2.45. The van der Waals surface area contributed by atoms with Gasteiger partial charge in [0.1, 0.15) is 0 Å². The first-order chi connectivity index (χ1) is 6.92.